The Bertz CT molecular complexity index is 835. The van der Waals surface area contributed by atoms with Crippen molar-refractivity contribution in [3.63, 3.8) is 0 Å². The van der Waals surface area contributed by atoms with Gasteiger partial charge in [-0.15, -0.1) is 0 Å². The number of halogens is 1. The summed E-state index contributed by atoms with van der Waals surface area (Å²) < 4.78 is 29.4. The maximum atomic E-state index is 13.9. The molecule has 5 heteroatoms. The maximum absolute atomic E-state index is 13.9. The fourth-order valence-electron chi connectivity index (χ4n) is 2.09. The van der Waals surface area contributed by atoms with E-state index in [2.05, 4.69) is 0 Å². The van der Waals surface area contributed by atoms with Gasteiger partial charge in [-0.3, -0.25) is 0 Å². The standard InChI is InChI=1S/C20H15FO4/c21-18-12-11-15(13-19(18)24-16-7-3-1-4-8-16)14-23-20(22)25-17-9-5-2-6-10-17/h1-13H,14H2. The molecule has 0 aliphatic heterocycles. The number of hydrogen-bond donors (Lipinski definition) is 0. The SMILES string of the molecule is O=C(OCc1ccc(F)c(Oc2ccccc2)c1)Oc1ccccc1. The van der Waals surface area contributed by atoms with Crippen molar-refractivity contribution in [2.24, 2.45) is 0 Å². The molecule has 0 saturated carbocycles. The van der Waals surface area contributed by atoms with Gasteiger partial charge >= 0.3 is 6.16 Å². The average molecular weight is 338 g/mol. The number of rotatable bonds is 5. The van der Waals surface area contributed by atoms with Crippen LogP contribution in [0.25, 0.3) is 0 Å². The topological polar surface area (TPSA) is 44.8 Å². The summed E-state index contributed by atoms with van der Waals surface area (Å²) in [5.41, 5.74) is 0.581. The second-order valence-electron chi connectivity index (χ2n) is 5.13. The van der Waals surface area contributed by atoms with Crippen molar-refractivity contribution in [3.8, 4) is 17.2 Å². The highest BCUT2D eigenvalue weighted by Gasteiger charge is 2.10. The van der Waals surface area contributed by atoms with Gasteiger partial charge in [-0.1, -0.05) is 42.5 Å². The second-order valence-corrected chi connectivity index (χ2v) is 5.13. The highest BCUT2D eigenvalue weighted by Crippen LogP contribution is 2.25. The molecular formula is C20H15FO4. The average Bonchev–Trinajstić information content (AvgIpc) is 2.64. The number of carbonyl (C=O) groups excluding carboxylic acids is 1. The molecule has 3 aromatic carbocycles. The largest absolute Gasteiger partial charge is 0.514 e. The van der Waals surface area contributed by atoms with Crippen LogP contribution in [0.5, 0.6) is 17.2 Å². The molecule has 126 valence electrons. The van der Waals surface area contributed by atoms with Gasteiger partial charge in [0.05, 0.1) is 0 Å². The van der Waals surface area contributed by atoms with Gasteiger partial charge in [0.2, 0.25) is 0 Å². The molecule has 0 N–H and O–H groups in total. The van der Waals surface area contributed by atoms with Crippen LogP contribution in [-0.4, -0.2) is 6.16 Å². The minimum Gasteiger partial charge on any atom is -0.454 e. The quantitative estimate of drug-likeness (QED) is 0.466. The van der Waals surface area contributed by atoms with Gasteiger partial charge < -0.3 is 14.2 Å². The molecule has 0 unspecified atom stereocenters. The highest BCUT2D eigenvalue weighted by atomic mass is 19.1. The summed E-state index contributed by atoms with van der Waals surface area (Å²) in [6.45, 7) is -0.0584. The van der Waals surface area contributed by atoms with E-state index in [-0.39, 0.29) is 12.4 Å². The van der Waals surface area contributed by atoms with E-state index in [0.717, 1.165) is 0 Å². The third-order valence-corrected chi connectivity index (χ3v) is 3.27. The van der Waals surface area contributed by atoms with E-state index >= 15 is 0 Å². The summed E-state index contributed by atoms with van der Waals surface area (Å²) >= 11 is 0. The first-order chi connectivity index (χ1) is 12.2. The molecule has 3 rings (SSSR count). The van der Waals surface area contributed by atoms with Crippen LogP contribution in [0.4, 0.5) is 9.18 Å². The van der Waals surface area contributed by atoms with E-state index in [1.807, 2.05) is 12.1 Å². The minimum absolute atomic E-state index is 0.0584. The Hall–Kier alpha value is -3.34. The Labute approximate surface area is 144 Å². The first-order valence-electron chi connectivity index (χ1n) is 7.62. The fourth-order valence-corrected chi connectivity index (χ4v) is 2.09. The van der Waals surface area contributed by atoms with Crippen LogP contribution < -0.4 is 9.47 Å². The predicted octanol–water partition coefficient (Wildman–Crippen LogP) is 5.33. The van der Waals surface area contributed by atoms with Crippen molar-refractivity contribution in [2.45, 2.75) is 6.61 Å². The second kappa shape index (κ2) is 7.97. The van der Waals surface area contributed by atoms with E-state index in [1.54, 1.807) is 48.5 Å². The van der Waals surface area contributed by atoms with Crippen molar-refractivity contribution in [2.75, 3.05) is 0 Å². The lowest BCUT2D eigenvalue weighted by Gasteiger charge is -2.09. The van der Waals surface area contributed by atoms with Crippen molar-refractivity contribution in [3.05, 3.63) is 90.2 Å². The number of carbonyl (C=O) groups is 1. The van der Waals surface area contributed by atoms with E-state index in [1.165, 1.54) is 18.2 Å². The molecule has 25 heavy (non-hydrogen) atoms. The highest BCUT2D eigenvalue weighted by molar-refractivity contribution is 5.63. The normalized spacial score (nSPS) is 10.1. The van der Waals surface area contributed by atoms with E-state index in [4.69, 9.17) is 14.2 Å². The summed E-state index contributed by atoms with van der Waals surface area (Å²) in [5, 5.41) is 0. The van der Waals surface area contributed by atoms with Gasteiger partial charge in [0.25, 0.3) is 0 Å². The van der Waals surface area contributed by atoms with Crippen molar-refractivity contribution in [1.29, 1.82) is 0 Å². The van der Waals surface area contributed by atoms with Gasteiger partial charge in [0, 0.05) is 0 Å². The van der Waals surface area contributed by atoms with Crippen LogP contribution in [0.15, 0.2) is 78.9 Å². The van der Waals surface area contributed by atoms with Crippen molar-refractivity contribution < 1.29 is 23.4 Å². The van der Waals surface area contributed by atoms with Crippen molar-refractivity contribution >= 4 is 6.16 Å². The molecule has 0 aromatic heterocycles. The Kier molecular flexibility index (Phi) is 5.26. The summed E-state index contributed by atoms with van der Waals surface area (Å²) in [6, 6.07) is 21.7. The Morgan fingerprint density at radius 1 is 0.840 bits per heavy atom. The third-order valence-electron chi connectivity index (χ3n) is 3.27. The number of ether oxygens (including phenoxy) is 3. The number of para-hydroxylation sites is 2. The number of benzene rings is 3. The van der Waals surface area contributed by atoms with Crippen LogP contribution in [0.3, 0.4) is 0 Å². The smallest absolute Gasteiger partial charge is 0.454 e. The van der Waals surface area contributed by atoms with Crippen LogP contribution in [-0.2, 0) is 11.3 Å². The first kappa shape index (κ1) is 16.5. The minimum atomic E-state index is -0.832. The third kappa shape index (κ3) is 4.81. The van der Waals surface area contributed by atoms with Gasteiger partial charge in [-0.2, -0.15) is 0 Å². The van der Waals surface area contributed by atoms with E-state index < -0.39 is 12.0 Å². The number of hydrogen-bond acceptors (Lipinski definition) is 4. The van der Waals surface area contributed by atoms with E-state index in [0.29, 0.717) is 17.1 Å². The predicted molar refractivity (Wildman–Crippen MR) is 90.2 cm³/mol. The van der Waals surface area contributed by atoms with Gasteiger partial charge in [0.1, 0.15) is 18.1 Å². The molecule has 0 amide bonds. The van der Waals surface area contributed by atoms with Crippen molar-refractivity contribution in [1.82, 2.24) is 0 Å². The van der Waals surface area contributed by atoms with Crippen LogP contribution in [0.1, 0.15) is 5.56 Å². The molecule has 0 spiro atoms. The Balaban J connectivity index is 1.61. The zero-order valence-electron chi connectivity index (χ0n) is 13.2. The molecule has 0 saturated heterocycles. The lowest BCUT2D eigenvalue weighted by atomic mass is 10.2. The summed E-state index contributed by atoms with van der Waals surface area (Å²) in [7, 11) is 0. The molecule has 3 aromatic rings. The first-order valence-corrected chi connectivity index (χ1v) is 7.62. The molecular weight excluding hydrogens is 323 g/mol. The Morgan fingerprint density at radius 3 is 2.16 bits per heavy atom. The molecule has 4 nitrogen and oxygen atoms in total. The lowest BCUT2D eigenvalue weighted by molar-refractivity contribution is 0.0927. The summed E-state index contributed by atoms with van der Waals surface area (Å²) in [4.78, 5) is 11.7. The van der Waals surface area contributed by atoms with E-state index in [9.17, 15) is 9.18 Å². The summed E-state index contributed by atoms with van der Waals surface area (Å²) in [6.07, 6.45) is -0.832. The fraction of sp³-hybridized carbons (Fsp3) is 0.0500. The zero-order valence-corrected chi connectivity index (χ0v) is 13.2. The molecule has 0 fully saturated rings. The van der Waals surface area contributed by atoms with Crippen LogP contribution >= 0.6 is 0 Å². The molecule has 0 aliphatic rings. The van der Waals surface area contributed by atoms with Crippen LogP contribution in [0, 0.1) is 5.82 Å². The monoisotopic (exact) mass is 338 g/mol. The molecule has 0 bridgehead atoms. The van der Waals surface area contributed by atoms with Gasteiger partial charge in [-0.25, -0.2) is 9.18 Å². The summed E-state index contributed by atoms with van der Waals surface area (Å²) in [5.74, 6) is 0.464. The Morgan fingerprint density at radius 2 is 1.48 bits per heavy atom. The maximum Gasteiger partial charge on any atom is 0.514 e. The molecule has 0 aliphatic carbocycles. The molecule has 0 heterocycles. The van der Waals surface area contributed by atoms with Crippen LogP contribution in [0.2, 0.25) is 0 Å². The zero-order chi connectivity index (χ0) is 17.5. The molecule has 0 atom stereocenters. The van der Waals surface area contributed by atoms with Gasteiger partial charge in [0.15, 0.2) is 11.6 Å². The lowest BCUT2D eigenvalue weighted by Crippen LogP contribution is -2.10. The van der Waals surface area contributed by atoms with Gasteiger partial charge in [-0.05, 0) is 42.0 Å². The molecule has 0 radical (unpaired) electrons.